The number of amides is 1. The van der Waals surface area contributed by atoms with Crippen LogP contribution in [0, 0.1) is 18.3 Å². The minimum Gasteiger partial charge on any atom is -0.449 e. The van der Waals surface area contributed by atoms with Crippen molar-refractivity contribution < 1.29 is 18.7 Å². The fraction of sp³-hybridized carbons (Fsp3) is 0.143. The molecule has 146 valence electrons. The molecule has 8 heteroatoms. The summed E-state index contributed by atoms with van der Waals surface area (Å²) >= 11 is 5.93. The summed E-state index contributed by atoms with van der Waals surface area (Å²) in [5.74, 6) is -1.85. The van der Waals surface area contributed by atoms with E-state index in [0.717, 1.165) is 11.6 Å². The molecule has 0 unspecified atom stereocenters. The monoisotopic (exact) mass is 410 g/mol. The highest BCUT2D eigenvalue weighted by Crippen LogP contribution is 2.21. The van der Waals surface area contributed by atoms with E-state index in [1.54, 1.807) is 18.2 Å². The maximum atomic E-state index is 12.3. The van der Waals surface area contributed by atoms with Crippen LogP contribution < -0.4 is 10.7 Å². The van der Waals surface area contributed by atoms with Crippen LogP contribution in [0.15, 0.2) is 51.7 Å². The molecule has 7 nitrogen and oxygen atoms in total. The molecule has 0 aliphatic heterocycles. The Labute approximate surface area is 170 Å². The predicted molar refractivity (Wildman–Crippen MR) is 107 cm³/mol. The molecule has 3 rings (SSSR count). The molecule has 1 N–H and O–H groups in total. The van der Waals surface area contributed by atoms with Gasteiger partial charge >= 0.3 is 5.97 Å². The number of hydrogen-bond donors (Lipinski definition) is 1. The first-order chi connectivity index (χ1) is 13.8. The number of anilines is 1. The summed E-state index contributed by atoms with van der Waals surface area (Å²) < 4.78 is 10.5. The van der Waals surface area contributed by atoms with Crippen LogP contribution in [0.1, 0.15) is 28.6 Å². The third kappa shape index (κ3) is 4.45. The van der Waals surface area contributed by atoms with Crippen LogP contribution in [-0.4, -0.2) is 18.0 Å². The molecule has 3 aromatic rings. The van der Waals surface area contributed by atoms with Gasteiger partial charge < -0.3 is 14.5 Å². The molecule has 0 aliphatic carbocycles. The molecule has 0 bridgehead atoms. The Balaban J connectivity index is 1.73. The van der Waals surface area contributed by atoms with E-state index >= 15 is 0 Å². The van der Waals surface area contributed by atoms with Crippen LogP contribution in [0.3, 0.4) is 0 Å². The average molecular weight is 411 g/mol. The number of ether oxygens (including phenoxy) is 1. The molecule has 1 atom stereocenters. The third-order valence-electron chi connectivity index (χ3n) is 4.09. The summed E-state index contributed by atoms with van der Waals surface area (Å²) in [6.45, 7) is 3.21. The second-order valence-corrected chi connectivity index (χ2v) is 6.72. The molecule has 2 aromatic carbocycles. The number of esters is 1. The van der Waals surface area contributed by atoms with Crippen molar-refractivity contribution in [3.8, 4) is 6.07 Å². The SMILES string of the molecule is Cc1ccc2oc(C(=O)O[C@@H](C)C(=O)Nc3ccc(C#N)c(Cl)c3)cc(=O)c2c1. The van der Waals surface area contributed by atoms with Gasteiger partial charge in [0.05, 0.1) is 16.0 Å². The molecule has 0 spiro atoms. The topological polar surface area (TPSA) is 109 Å². The molecular formula is C21H15ClN2O5. The van der Waals surface area contributed by atoms with Crippen LogP contribution in [0.25, 0.3) is 11.0 Å². The fourth-order valence-electron chi connectivity index (χ4n) is 2.57. The lowest BCUT2D eigenvalue weighted by molar-refractivity contribution is -0.123. The number of carbonyl (C=O) groups excluding carboxylic acids is 2. The summed E-state index contributed by atoms with van der Waals surface area (Å²) in [6, 6.07) is 12.3. The number of rotatable bonds is 4. The van der Waals surface area contributed by atoms with E-state index in [1.807, 2.05) is 13.0 Å². The number of hydrogen-bond acceptors (Lipinski definition) is 6. The van der Waals surface area contributed by atoms with Gasteiger partial charge in [-0.3, -0.25) is 9.59 Å². The number of benzene rings is 2. The number of nitrogens with zero attached hydrogens (tertiary/aromatic N) is 1. The lowest BCUT2D eigenvalue weighted by Gasteiger charge is -2.13. The third-order valence-corrected chi connectivity index (χ3v) is 4.41. The summed E-state index contributed by atoms with van der Waals surface area (Å²) in [5, 5.41) is 11.9. The van der Waals surface area contributed by atoms with Gasteiger partial charge in [0.15, 0.2) is 11.5 Å². The Kier molecular flexibility index (Phi) is 5.66. The highest BCUT2D eigenvalue weighted by Gasteiger charge is 2.22. The van der Waals surface area contributed by atoms with E-state index in [1.165, 1.54) is 25.1 Å². The molecule has 0 aliphatic rings. The van der Waals surface area contributed by atoms with Crippen LogP contribution in [0.2, 0.25) is 5.02 Å². The van der Waals surface area contributed by atoms with Gasteiger partial charge in [-0.15, -0.1) is 0 Å². The highest BCUT2D eigenvalue weighted by atomic mass is 35.5. The summed E-state index contributed by atoms with van der Waals surface area (Å²) in [7, 11) is 0. The average Bonchev–Trinajstić information content (AvgIpc) is 2.68. The maximum Gasteiger partial charge on any atom is 0.375 e. The number of carbonyl (C=O) groups is 2. The second kappa shape index (κ2) is 8.17. The van der Waals surface area contributed by atoms with Crippen molar-refractivity contribution >= 4 is 40.1 Å². The molecule has 0 radical (unpaired) electrons. The van der Waals surface area contributed by atoms with E-state index in [9.17, 15) is 14.4 Å². The molecular weight excluding hydrogens is 396 g/mol. The van der Waals surface area contributed by atoms with E-state index in [0.29, 0.717) is 11.1 Å². The van der Waals surface area contributed by atoms with Crippen LogP contribution in [0.4, 0.5) is 5.69 Å². The van der Waals surface area contributed by atoms with Crippen molar-refractivity contribution in [1.82, 2.24) is 0 Å². The van der Waals surface area contributed by atoms with Gasteiger partial charge in [-0.2, -0.15) is 5.26 Å². The second-order valence-electron chi connectivity index (χ2n) is 6.32. The quantitative estimate of drug-likeness (QED) is 0.655. The van der Waals surface area contributed by atoms with Crippen LogP contribution in [0.5, 0.6) is 0 Å². The van der Waals surface area contributed by atoms with E-state index in [-0.39, 0.29) is 27.4 Å². The standard InChI is InChI=1S/C21H15ClN2O5/c1-11-3-6-18-15(7-11)17(25)9-19(29-18)21(27)28-12(2)20(26)24-14-5-4-13(10-23)16(22)8-14/h3-9,12H,1-2H3,(H,24,26)/t12-/m0/s1. The Morgan fingerprint density at radius 3 is 2.66 bits per heavy atom. The van der Waals surface area contributed by atoms with E-state index in [2.05, 4.69) is 5.32 Å². The zero-order chi connectivity index (χ0) is 21.1. The van der Waals surface area contributed by atoms with Crippen LogP contribution >= 0.6 is 11.6 Å². The number of nitriles is 1. The van der Waals surface area contributed by atoms with Crippen molar-refractivity contribution in [2.75, 3.05) is 5.32 Å². The molecule has 1 heterocycles. The first kappa shape index (κ1) is 20.1. The molecule has 0 fully saturated rings. The Morgan fingerprint density at radius 1 is 1.21 bits per heavy atom. The number of nitrogens with one attached hydrogen (secondary N) is 1. The smallest absolute Gasteiger partial charge is 0.375 e. The molecule has 0 saturated heterocycles. The first-order valence-electron chi connectivity index (χ1n) is 8.54. The van der Waals surface area contributed by atoms with Gasteiger partial charge in [0.1, 0.15) is 11.7 Å². The fourth-order valence-corrected chi connectivity index (χ4v) is 2.79. The summed E-state index contributed by atoms with van der Waals surface area (Å²) in [5.41, 5.74) is 1.36. The zero-order valence-electron chi connectivity index (χ0n) is 15.5. The van der Waals surface area contributed by atoms with Crippen LogP contribution in [-0.2, 0) is 9.53 Å². The Morgan fingerprint density at radius 2 is 1.97 bits per heavy atom. The Hall–Kier alpha value is -3.63. The lowest BCUT2D eigenvalue weighted by atomic mass is 10.1. The minimum absolute atomic E-state index is 0.183. The van der Waals surface area contributed by atoms with Gasteiger partial charge in [-0.05, 0) is 44.2 Å². The highest BCUT2D eigenvalue weighted by molar-refractivity contribution is 6.32. The normalized spacial score (nSPS) is 11.5. The lowest BCUT2D eigenvalue weighted by Crippen LogP contribution is -2.30. The van der Waals surface area contributed by atoms with Gasteiger partial charge in [0.2, 0.25) is 5.76 Å². The largest absolute Gasteiger partial charge is 0.449 e. The Bertz CT molecular complexity index is 1230. The van der Waals surface area contributed by atoms with Gasteiger partial charge in [0, 0.05) is 11.8 Å². The molecule has 1 amide bonds. The maximum absolute atomic E-state index is 12.3. The summed E-state index contributed by atoms with van der Waals surface area (Å²) in [6.07, 6.45) is -1.17. The number of halogens is 1. The van der Waals surface area contributed by atoms with E-state index in [4.69, 9.17) is 26.0 Å². The minimum atomic E-state index is -1.17. The number of aryl methyl sites for hydroxylation is 1. The molecule has 0 saturated carbocycles. The van der Waals surface area contributed by atoms with Crippen molar-refractivity contribution in [2.45, 2.75) is 20.0 Å². The molecule has 1 aromatic heterocycles. The summed E-state index contributed by atoms with van der Waals surface area (Å²) in [4.78, 5) is 36.8. The van der Waals surface area contributed by atoms with Crippen molar-refractivity contribution in [3.05, 3.63) is 74.6 Å². The van der Waals surface area contributed by atoms with Crippen molar-refractivity contribution in [3.63, 3.8) is 0 Å². The van der Waals surface area contributed by atoms with Crippen molar-refractivity contribution in [1.29, 1.82) is 5.26 Å². The van der Waals surface area contributed by atoms with Gasteiger partial charge in [0.25, 0.3) is 5.91 Å². The van der Waals surface area contributed by atoms with Gasteiger partial charge in [-0.1, -0.05) is 23.2 Å². The first-order valence-corrected chi connectivity index (χ1v) is 8.92. The zero-order valence-corrected chi connectivity index (χ0v) is 16.2. The van der Waals surface area contributed by atoms with Crippen molar-refractivity contribution in [2.24, 2.45) is 0 Å². The molecule has 29 heavy (non-hydrogen) atoms. The van der Waals surface area contributed by atoms with Gasteiger partial charge in [-0.25, -0.2) is 4.79 Å². The van der Waals surface area contributed by atoms with E-state index < -0.39 is 18.0 Å². The number of fused-ring (bicyclic) bond motifs is 1. The predicted octanol–water partition coefficient (Wildman–Crippen LogP) is 3.81.